The predicted octanol–water partition coefficient (Wildman–Crippen LogP) is 6.42. The Morgan fingerprint density at radius 1 is 0.542 bits per heavy atom. The molecular formula is C21H46NO2+. The van der Waals surface area contributed by atoms with E-state index in [2.05, 4.69) is 6.92 Å². The minimum atomic E-state index is -0.182. The van der Waals surface area contributed by atoms with E-state index < -0.39 is 0 Å². The maximum Gasteiger partial charge on any atom is 0.210 e. The molecule has 2 N–H and O–H groups in total. The number of unbranched alkanes of at least 4 members (excludes halogenated alkanes) is 15. The van der Waals surface area contributed by atoms with Crippen LogP contribution in [0.2, 0.25) is 0 Å². The molecule has 0 aliphatic carbocycles. The van der Waals surface area contributed by atoms with Crippen molar-refractivity contribution in [3.05, 3.63) is 0 Å². The van der Waals surface area contributed by atoms with E-state index in [4.69, 9.17) is 5.11 Å². The molecule has 0 heterocycles. The number of rotatable bonds is 19. The summed E-state index contributed by atoms with van der Waals surface area (Å²) in [6, 6.07) is 0. The molecule has 24 heavy (non-hydrogen) atoms. The molecule has 0 rings (SSSR count). The van der Waals surface area contributed by atoms with Crippen LogP contribution in [0.15, 0.2) is 0 Å². The van der Waals surface area contributed by atoms with Crippen molar-refractivity contribution in [1.82, 2.24) is 0 Å². The molecule has 0 aliphatic rings. The Bertz CT molecular complexity index is 242. The third kappa shape index (κ3) is 15.4. The average molecular weight is 345 g/mol. The maximum atomic E-state index is 9.93. The van der Waals surface area contributed by atoms with Crippen molar-refractivity contribution in [3.63, 3.8) is 0 Å². The zero-order chi connectivity index (χ0) is 17.9. The normalized spacial score (nSPS) is 14.0. The van der Waals surface area contributed by atoms with E-state index in [0.717, 1.165) is 6.42 Å². The molecule has 0 radical (unpaired) electrons. The summed E-state index contributed by atoms with van der Waals surface area (Å²) in [7, 11) is 0. The van der Waals surface area contributed by atoms with E-state index in [-0.39, 0.29) is 11.4 Å². The fourth-order valence-electron chi connectivity index (χ4n) is 3.28. The molecule has 0 saturated heterocycles. The highest BCUT2D eigenvalue weighted by Gasteiger charge is 2.20. The van der Waals surface area contributed by atoms with E-state index in [1.54, 1.807) is 0 Å². The molecule has 0 aromatic heterocycles. The second-order valence-corrected chi connectivity index (χ2v) is 7.58. The summed E-state index contributed by atoms with van der Waals surface area (Å²) in [5.41, 5.74) is 0. The zero-order valence-electron chi connectivity index (χ0n) is 16.8. The first-order valence-corrected chi connectivity index (χ1v) is 10.9. The van der Waals surface area contributed by atoms with Crippen LogP contribution in [0.3, 0.4) is 0 Å². The lowest BCUT2D eigenvalue weighted by molar-refractivity contribution is -1.11. The number of quaternary nitrogens is 1. The van der Waals surface area contributed by atoms with Crippen LogP contribution in [0.5, 0.6) is 0 Å². The summed E-state index contributed by atoms with van der Waals surface area (Å²) in [5.74, 6) is 0. The molecule has 146 valence electrons. The zero-order valence-corrected chi connectivity index (χ0v) is 16.8. The highest BCUT2D eigenvalue weighted by Crippen LogP contribution is 2.14. The molecule has 0 aromatic rings. The Hall–Kier alpha value is -0.120. The molecule has 0 aliphatic heterocycles. The van der Waals surface area contributed by atoms with Gasteiger partial charge >= 0.3 is 0 Å². The Labute approximate surface area is 152 Å². The summed E-state index contributed by atoms with van der Waals surface area (Å²) in [6.45, 7) is 5.32. The third-order valence-electron chi connectivity index (χ3n) is 5.28. The molecule has 0 saturated carbocycles. The predicted molar refractivity (Wildman–Crippen MR) is 104 cm³/mol. The van der Waals surface area contributed by atoms with Gasteiger partial charge in [-0.1, -0.05) is 96.8 Å². The first kappa shape index (κ1) is 23.9. The molecule has 3 heteroatoms. The van der Waals surface area contributed by atoms with Crippen LogP contribution in [-0.2, 0) is 0 Å². The van der Waals surface area contributed by atoms with Crippen molar-refractivity contribution in [2.24, 2.45) is 0 Å². The van der Waals surface area contributed by atoms with Crippen LogP contribution in [0.25, 0.3) is 0 Å². The third-order valence-corrected chi connectivity index (χ3v) is 5.28. The van der Waals surface area contributed by atoms with Gasteiger partial charge in [-0.05, 0) is 19.8 Å². The SMILES string of the molecule is CCCCCCCCCCCCCCCCCC[N+](O)(CC)CO. The summed E-state index contributed by atoms with van der Waals surface area (Å²) in [5, 5.41) is 19.1. The monoisotopic (exact) mass is 344 g/mol. The van der Waals surface area contributed by atoms with E-state index in [1.165, 1.54) is 96.3 Å². The van der Waals surface area contributed by atoms with Gasteiger partial charge in [0.1, 0.15) is 13.1 Å². The van der Waals surface area contributed by atoms with E-state index in [1.807, 2.05) is 6.92 Å². The smallest absolute Gasteiger partial charge is 0.210 e. The maximum absolute atomic E-state index is 9.93. The van der Waals surface area contributed by atoms with E-state index in [9.17, 15) is 5.21 Å². The summed E-state index contributed by atoms with van der Waals surface area (Å²) < 4.78 is -0.182. The second kappa shape index (κ2) is 17.7. The molecule has 1 unspecified atom stereocenters. The van der Waals surface area contributed by atoms with Crippen LogP contribution >= 0.6 is 0 Å². The van der Waals surface area contributed by atoms with Gasteiger partial charge in [-0.3, -0.25) is 0 Å². The molecular weight excluding hydrogens is 298 g/mol. The molecule has 1 atom stereocenters. The van der Waals surface area contributed by atoms with Crippen molar-refractivity contribution < 1.29 is 15.0 Å². The number of nitrogens with zero attached hydrogens (tertiary/aromatic N) is 1. The van der Waals surface area contributed by atoms with Gasteiger partial charge in [-0.2, -0.15) is 4.65 Å². The number of hydroxylamine groups is 3. The number of aliphatic hydroxyl groups is 1. The quantitative estimate of drug-likeness (QED) is 0.123. The summed E-state index contributed by atoms with van der Waals surface area (Å²) >= 11 is 0. The van der Waals surface area contributed by atoms with Crippen molar-refractivity contribution in [3.8, 4) is 0 Å². The Balaban J connectivity index is 3.13. The van der Waals surface area contributed by atoms with Crippen molar-refractivity contribution in [1.29, 1.82) is 0 Å². The molecule has 0 bridgehead atoms. The van der Waals surface area contributed by atoms with Crippen LogP contribution in [0.1, 0.15) is 117 Å². The van der Waals surface area contributed by atoms with Crippen LogP contribution in [-0.4, -0.2) is 34.8 Å². The summed E-state index contributed by atoms with van der Waals surface area (Å²) in [6.07, 6.45) is 21.8. The minimum Gasteiger partial charge on any atom is -0.345 e. The first-order valence-electron chi connectivity index (χ1n) is 10.9. The Morgan fingerprint density at radius 3 is 1.17 bits per heavy atom. The standard InChI is InChI=1S/C21H46NO2/c1-3-5-6-7-8-9-10-11-12-13-14-15-16-17-18-19-20-22(24,4-2)21-23/h23-24H,3-21H2,1-2H3/q+1. The highest BCUT2D eigenvalue weighted by atomic mass is 16.6. The van der Waals surface area contributed by atoms with Gasteiger partial charge in [-0.25, -0.2) is 5.21 Å². The number of hydrogen-bond acceptors (Lipinski definition) is 2. The molecule has 3 nitrogen and oxygen atoms in total. The van der Waals surface area contributed by atoms with Crippen LogP contribution in [0.4, 0.5) is 0 Å². The van der Waals surface area contributed by atoms with Crippen LogP contribution < -0.4 is 0 Å². The number of aliphatic hydroxyl groups excluding tert-OH is 1. The lowest BCUT2D eigenvalue weighted by Crippen LogP contribution is -2.45. The fourth-order valence-corrected chi connectivity index (χ4v) is 3.28. The van der Waals surface area contributed by atoms with Crippen molar-refractivity contribution in [2.45, 2.75) is 117 Å². The van der Waals surface area contributed by atoms with E-state index in [0.29, 0.717) is 13.1 Å². The molecule has 0 fully saturated rings. The van der Waals surface area contributed by atoms with Gasteiger partial charge in [0, 0.05) is 0 Å². The topological polar surface area (TPSA) is 40.5 Å². The Morgan fingerprint density at radius 2 is 0.875 bits per heavy atom. The molecule has 0 aromatic carbocycles. The van der Waals surface area contributed by atoms with Crippen LogP contribution in [0, 0.1) is 0 Å². The lowest BCUT2D eigenvalue weighted by Gasteiger charge is -2.26. The lowest BCUT2D eigenvalue weighted by atomic mass is 10.0. The minimum absolute atomic E-state index is 0.157. The number of hydrogen-bond donors (Lipinski definition) is 2. The Kier molecular flexibility index (Phi) is 17.6. The van der Waals surface area contributed by atoms with Gasteiger partial charge in [-0.15, -0.1) is 0 Å². The second-order valence-electron chi connectivity index (χ2n) is 7.58. The molecule has 0 spiro atoms. The van der Waals surface area contributed by atoms with Gasteiger partial charge in [0.05, 0.1) is 0 Å². The average Bonchev–Trinajstić information content (AvgIpc) is 2.61. The van der Waals surface area contributed by atoms with Gasteiger partial charge < -0.3 is 5.11 Å². The van der Waals surface area contributed by atoms with Crippen molar-refractivity contribution >= 4 is 0 Å². The van der Waals surface area contributed by atoms with Crippen molar-refractivity contribution in [2.75, 3.05) is 19.8 Å². The first-order chi connectivity index (χ1) is 11.7. The largest absolute Gasteiger partial charge is 0.345 e. The molecule has 0 amide bonds. The van der Waals surface area contributed by atoms with E-state index >= 15 is 0 Å². The summed E-state index contributed by atoms with van der Waals surface area (Å²) in [4.78, 5) is 0. The fraction of sp³-hybridized carbons (Fsp3) is 1.00. The van der Waals surface area contributed by atoms with Gasteiger partial charge in [0.25, 0.3) is 0 Å². The highest BCUT2D eigenvalue weighted by molar-refractivity contribution is 4.50. The van der Waals surface area contributed by atoms with Gasteiger partial charge in [0.2, 0.25) is 6.73 Å². The van der Waals surface area contributed by atoms with Gasteiger partial charge in [0.15, 0.2) is 0 Å².